The van der Waals surface area contributed by atoms with Crippen LogP contribution in [0.25, 0.3) is 0 Å². The first-order valence-electron chi connectivity index (χ1n) is 7.48. The van der Waals surface area contributed by atoms with E-state index in [-0.39, 0.29) is 4.90 Å². The molecule has 6 heteroatoms. The molecule has 1 heterocycles. The molecule has 3 rings (SSSR count). The Morgan fingerprint density at radius 3 is 2.05 bits per heavy atom. The zero-order valence-corrected chi connectivity index (χ0v) is 13.8. The molecule has 1 aliphatic heterocycles. The van der Waals surface area contributed by atoms with Gasteiger partial charge in [0, 0.05) is 19.2 Å². The Labute approximate surface area is 131 Å². The maximum absolute atomic E-state index is 12.8. The topological polar surface area (TPSA) is 55.8 Å². The number of sulfonamides is 1. The van der Waals surface area contributed by atoms with Crippen LogP contribution in [0.1, 0.15) is 25.7 Å². The number of allylic oxidation sites excluding steroid dienone is 1. The van der Waals surface area contributed by atoms with Gasteiger partial charge in [0.1, 0.15) is 0 Å². The number of benzene rings is 1. The fourth-order valence-corrected chi connectivity index (χ4v) is 4.35. The highest BCUT2D eigenvalue weighted by Gasteiger charge is 2.30. The van der Waals surface area contributed by atoms with Gasteiger partial charge in [0.05, 0.1) is 19.1 Å². The van der Waals surface area contributed by atoms with Crippen LogP contribution in [0, 0.1) is 0 Å². The standard InChI is InChI=1S/C16H21NO4S/c1-20-15-6-5-14(11-16(15)21-2)22(18,19)17-9-7-13(8-10-17)12-3-4-12/h5-6,11H,3-4,7-10H2,1-2H3. The zero-order valence-electron chi connectivity index (χ0n) is 13.0. The molecule has 5 nitrogen and oxygen atoms in total. The van der Waals surface area contributed by atoms with Crippen LogP contribution >= 0.6 is 0 Å². The van der Waals surface area contributed by atoms with Crippen LogP contribution in [0.2, 0.25) is 0 Å². The summed E-state index contributed by atoms with van der Waals surface area (Å²) in [5.41, 5.74) is 3.02. The predicted octanol–water partition coefficient (Wildman–Crippen LogP) is 2.58. The van der Waals surface area contributed by atoms with Gasteiger partial charge in [0.15, 0.2) is 11.5 Å². The van der Waals surface area contributed by atoms with Gasteiger partial charge in [-0.3, -0.25) is 0 Å². The van der Waals surface area contributed by atoms with Crippen molar-refractivity contribution in [2.75, 3.05) is 27.3 Å². The van der Waals surface area contributed by atoms with Crippen LogP contribution in [0.3, 0.4) is 0 Å². The molecule has 0 atom stereocenters. The first-order valence-corrected chi connectivity index (χ1v) is 8.92. The molecular weight excluding hydrogens is 302 g/mol. The van der Waals surface area contributed by atoms with E-state index in [1.54, 1.807) is 22.0 Å². The van der Waals surface area contributed by atoms with E-state index in [0.717, 1.165) is 12.8 Å². The lowest BCUT2D eigenvalue weighted by atomic mass is 10.1. The van der Waals surface area contributed by atoms with E-state index in [2.05, 4.69) is 0 Å². The van der Waals surface area contributed by atoms with Gasteiger partial charge in [-0.25, -0.2) is 8.42 Å². The van der Waals surface area contributed by atoms with E-state index < -0.39 is 10.0 Å². The largest absolute Gasteiger partial charge is 0.493 e. The third-order valence-corrected chi connectivity index (χ3v) is 6.21. The molecule has 2 aliphatic rings. The summed E-state index contributed by atoms with van der Waals surface area (Å²) in [7, 11) is -0.439. The number of nitrogens with zero attached hydrogens (tertiary/aromatic N) is 1. The molecule has 120 valence electrons. The molecule has 1 aliphatic carbocycles. The SMILES string of the molecule is COc1ccc(S(=O)(=O)N2CCC(=C3CC3)CC2)cc1OC. The zero-order chi connectivity index (χ0) is 15.7. The summed E-state index contributed by atoms with van der Waals surface area (Å²) in [6.07, 6.45) is 4.14. The Hall–Kier alpha value is -1.53. The predicted molar refractivity (Wildman–Crippen MR) is 83.8 cm³/mol. The van der Waals surface area contributed by atoms with E-state index in [0.29, 0.717) is 24.6 Å². The van der Waals surface area contributed by atoms with Crippen molar-refractivity contribution in [3.8, 4) is 11.5 Å². The summed E-state index contributed by atoms with van der Waals surface area (Å²) in [6.45, 7) is 1.13. The molecular formula is C16H21NO4S. The average Bonchev–Trinajstić information content (AvgIpc) is 3.39. The van der Waals surface area contributed by atoms with Crippen molar-refractivity contribution in [1.82, 2.24) is 4.31 Å². The van der Waals surface area contributed by atoms with Crippen LogP contribution in [-0.4, -0.2) is 40.0 Å². The normalized spacial score (nSPS) is 19.2. The summed E-state index contributed by atoms with van der Waals surface area (Å²) in [5, 5.41) is 0. The molecule has 2 fully saturated rings. The van der Waals surface area contributed by atoms with Crippen LogP contribution < -0.4 is 9.47 Å². The van der Waals surface area contributed by atoms with Crippen molar-refractivity contribution in [2.24, 2.45) is 0 Å². The number of ether oxygens (including phenoxy) is 2. The Balaban J connectivity index is 1.82. The van der Waals surface area contributed by atoms with E-state index >= 15 is 0 Å². The molecule has 22 heavy (non-hydrogen) atoms. The lowest BCUT2D eigenvalue weighted by molar-refractivity contribution is 0.353. The Morgan fingerprint density at radius 1 is 0.909 bits per heavy atom. The van der Waals surface area contributed by atoms with Crippen molar-refractivity contribution in [2.45, 2.75) is 30.6 Å². The molecule has 1 saturated heterocycles. The highest BCUT2D eigenvalue weighted by molar-refractivity contribution is 7.89. The first kappa shape index (κ1) is 15.4. The number of piperidine rings is 1. The third kappa shape index (κ3) is 2.85. The number of hydrogen-bond acceptors (Lipinski definition) is 4. The van der Waals surface area contributed by atoms with Crippen molar-refractivity contribution in [3.63, 3.8) is 0 Å². The van der Waals surface area contributed by atoms with Gasteiger partial charge in [-0.15, -0.1) is 0 Å². The van der Waals surface area contributed by atoms with Crippen LogP contribution in [0.15, 0.2) is 34.2 Å². The minimum absolute atomic E-state index is 0.257. The number of hydrogen-bond donors (Lipinski definition) is 0. The third-order valence-electron chi connectivity index (χ3n) is 4.32. The van der Waals surface area contributed by atoms with Gasteiger partial charge >= 0.3 is 0 Å². The lowest BCUT2D eigenvalue weighted by Gasteiger charge is -2.28. The summed E-state index contributed by atoms with van der Waals surface area (Å²) in [5.74, 6) is 0.960. The van der Waals surface area contributed by atoms with Crippen molar-refractivity contribution >= 4 is 10.0 Å². The minimum Gasteiger partial charge on any atom is -0.493 e. The van der Waals surface area contributed by atoms with Crippen LogP contribution in [-0.2, 0) is 10.0 Å². The quantitative estimate of drug-likeness (QED) is 0.799. The van der Waals surface area contributed by atoms with E-state index in [9.17, 15) is 8.42 Å². The summed E-state index contributed by atoms with van der Waals surface area (Å²) < 4.78 is 37.4. The van der Waals surface area contributed by atoms with Crippen LogP contribution in [0.4, 0.5) is 0 Å². The molecule has 0 aromatic heterocycles. The van der Waals surface area contributed by atoms with E-state index in [1.165, 1.54) is 38.7 Å². The average molecular weight is 323 g/mol. The van der Waals surface area contributed by atoms with Gasteiger partial charge < -0.3 is 9.47 Å². The van der Waals surface area contributed by atoms with E-state index in [4.69, 9.17) is 9.47 Å². The lowest BCUT2D eigenvalue weighted by Crippen LogP contribution is -2.36. The number of methoxy groups -OCH3 is 2. The van der Waals surface area contributed by atoms with Crippen molar-refractivity contribution in [1.29, 1.82) is 0 Å². The Morgan fingerprint density at radius 2 is 1.50 bits per heavy atom. The molecule has 1 saturated carbocycles. The second-order valence-corrected chi connectivity index (χ2v) is 7.57. The highest BCUT2D eigenvalue weighted by Crippen LogP contribution is 2.37. The molecule has 1 aromatic rings. The van der Waals surface area contributed by atoms with Crippen LogP contribution in [0.5, 0.6) is 11.5 Å². The van der Waals surface area contributed by atoms with Gasteiger partial charge in [-0.1, -0.05) is 11.1 Å². The highest BCUT2D eigenvalue weighted by atomic mass is 32.2. The first-order chi connectivity index (χ1) is 10.6. The number of rotatable bonds is 4. The fraction of sp³-hybridized carbons (Fsp3) is 0.500. The maximum Gasteiger partial charge on any atom is 0.243 e. The molecule has 0 amide bonds. The van der Waals surface area contributed by atoms with Gasteiger partial charge in [0.2, 0.25) is 10.0 Å². The summed E-state index contributed by atoms with van der Waals surface area (Å²) in [6, 6.07) is 4.74. The van der Waals surface area contributed by atoms with Gasteiger partial charge in [0.25, 0.3) is 0 Å². The monoisotopic (exact) mass is 323 g/mol. The fourth-order valence-electron chi connectivity index (χ4n) is 2.89. The van der Waals surface area contributed by atoms with Gasteiger partial charge in [-0.05, 0) is 37.8 Å². The molecule has 0 N–H and O–H groups in total. The smallest absolute Gasteiger partial charge is 0.243 e. The summed E-state index contributed by atoms with van der Waals surface area (Å²) in [4.78, 5) is 0.257. The van der Waals surface area contributed by atoms with Gasteiger partial charge in [-0.2, -0.15) is 4.31 Å². The second kappa shape index (κ2) is 5.93. The maximum atomic E-state index is 12.8. The molecule has 0 bridgehead atoms. The summed E-state index contributed by atoms with van der Waals surface area (Å²) >= 11 is 0. The molecule has 0 spiro atoms. The Kier molecular flexibility index (Phi) is 4.14. The second-order valence-electron chi connectivity index (χ2n) is 5.63. The van der Waals surface area contributed by atoms with Crippen molar-refractivity contribution in [3.05, 3.63) is 29.3 Å². The molecule has 1 aromatic carbocycles. The molecule has 0 radical (unpaired) electrons. The van der Waals surface area contributed by atoms with E-state index in [1.807, 2.05) is 0 Å². The minimum atomic E-state index is -3.47. The molecule has 0 unspecified atom stereocenters. The van der Waals surface area contributed by atoms with Crippen molar-refractivity contribution < 1.29 is 17.9 Å². The Bertz CT molecular complexity index is 693.